The molecule has 0 spiro atoms. The zero-order valence-corrected chi connectivity index (χ0v) is 13.7. The summed E-state index contributed by atoms with van der Waals surface area (Å²) in [5.74, 6) is -7.40. The lowest BCUT2D eigenvalue weighted by molar-refractivity contribution is -0.534. The van der Waals surface area contributed by atoms with Gasteiger partial charge in [-0.05, 0) is 5.56 Å². The summed E-state index contributed by atoms with van der Waals surface area (Å²) < 4.78 is 0. The number of carboxylic acid groups (broad SMARTS) is 2. The minimum absolute atomic E-state index is 0.0894. The number of rotatable bonds is 8. The quantitative estimate of drug-likeness (QED) is 0.404. The van der Waals surface area contributed by atoms with E-state index >= 15 is 0 Å². The maximum atomic E-state index is 11.8. The number of aliphatic carboxylic acids is 2. The SMILES string of the molecule is O=C(O)C(C(=O)O)C(c1cccc([N+](=O)[O-])c1)C(c1ccccc1)[N+](=O)[O-]. The first-order valence-electron chi connectivity index (χ1n) is 7.62. The normalized spacial score (nSPS) is 12.9. The van der Waals surface area contributed by atoms with Gasteiger partial charge < -0.3 is 10.2 Å². The van der Waals surface area contributed by atoms with Crippen molar-refractivity contribution in [3.05, 3.63) is 86.0 Å². The van der Waals surface area contributed by atoms with Gasteiger partial charge in [-0.3, -0.25) is 29.8 Å². The van der Waals surface area contributed by atoms with Gasteiger partial charge in [0.1, 0.15) is 0 Å². The van der Waals surface area contributed by atoms with E-state index in [2.05, 4.69) is 0 Å². The molecule has 0 saturated carbocycles. The summed E-state index contributed by atoms with van der Waals surface area (Å²) in [6, 6.07) is 10.2. The molecule has 140 valence electrons. The Labute approximate surface area is 152 Å². The Morgan fingerprint density at radius 2 is 1.41 bits per heavy atom. The fraction of sp³-hybridized carbons (Fsp3) is 0.176. The van der Waals surface area contributed by atoms with Crippen LogP contribution >= 0.6 is 0 Å². The Kier molecular flexibility index (Phi) is 5.81. The van der Waals surface area contributed by atoms with Crippen molar-refractivity contribution >= 4 is 17.6 Å². The number of hydrogen-bond donors (Lipinski definition) is 2. The van der Waals surface area contributed by atoms with E-state index in [1.165, 1.54) is 36.4 Å². The van der Waals surface area contributed by atoms with Crippen molar-refractivity contribution in [1.82, 2.24) is 0 Å². The number of carboxylic acids is 2. The minimum Gasteiger partial charge on any atom is -0.481 e. The van der Waals surface area contributed by atoms with Crippen LogP contribution in [0.1, 0.15) is 23.1 Å². The Hall–Kier alpha value is -3.82. The monoisotopic (exact) mass is 374 g/mol. The molecule has 2 rings (SSSR count). The number of carbonyl (C=O) groups is 2. The zero-order chi connectivity index (χ0) is 20.1. The summed E-state index contributed by atoms with van der Waals surface area (Å²) in [5.41, 5.74) is -0.460. The van der Waals surface area contributed by atoms with E-state index in [9.17, 15) is 40.0 Å². The largest absolute Gasteiger partial charge is 0.481 e. The van der Waals surface area contributed by atoms with Gasteiger partial charge in [-0.2, -0.15) is 0 Å². The highest BCUT2D eigenvalue weighted by molar-refractivity contribution is 5.94. The molecule has 0 radical (unpaired) electrons. The first-order chi connectivity index (χ1) is 12.7. The molecule has 27 heavy (non-hydrogen) atoms. The maximum absolute atomic E-state index is 11.8. The number of nitrogens with zero attached hydrogens (tertiary/aromatic N) is 2. The second kappa shape index (κ2) is 8.04. The Morgan fingerprint density at radius 3 is 1.89 bits per heavy atom. The lowest BCUT2D eigenvalue weighted by Gasteiger charge is -2.24. The molecule has 2 aromatic carbocycles. The molecule has 0 aliphatic carbocycles. The lowest BCUT2D eigenvalue weighted by Crippen LogP contribution is -2.35. The van der Waals surface area contributed by atoms with Crippen LogP contribution in [0.3, 0.4) is 0 Å². The Bertz CT molecular complexity index is 870. The van der Waals surface area contributed by atoms with Gasteiger partial charge in [-0.25, -0.2) is 0 Å². The molecule has 2 aromatic rings. The molecule has 0 fully saturated rings. The number of hydrogen-bond acceptors (Lipinski definition) is 6. The third-order valence-corrected chi connectivity index (χ3v) is 4.07. The zero-order valence-electron chi connectivity index (χ0n) is 13.7. The average molecular weight is 374 g/mol. The molecule has 0 bridgehead atoms. The molecule has 0 amide bonds. The van der Waals surface area contributed by atoms with Crippen molar-refractivity contribution in [2.45, 2.75) is 12.0 Å². The number of non-ortho nitro benzene ring substituents is 1. The lowest BCUT2D eigenvalue weighted by atomic mass is 9.78. The average Bonchev–Trinajstić information content (AvgIpc) is 2.61. The first kappa shape index (κ1) is 19.5. The van der Waals surface area contributed by atoms with Crippen molar-refractivity contribution in [1.29, 1.82) is 0 Å². The van der Waals surface area contributed by atoms with Crippen molar-refractivity contribution in [3.8, 4) is 0 Å². The van der Waals surface area contributed by atoms with Crippen molar-refractivity contribution in [3.63, 3.8) is 0 Å². The summed E-state index contributed by atoms with van der Waals surface area (Å²) in [6.45, 7) is 0. The second-order valence-corrected chi connectivity index (χ2v) is 5.67. The van der Waals surface area contributed by atoms with Gasteiger partial charge in [0.25, 0.3) is 5.69 Å². The van der Waals surface area contributed by atoms with Crippen molar-refractivity contribution < 1.29 is 29.6 Å². The smallest absolute Gasteiger partial charge is 0.318 e. The molecular formula is C17H14N2O8. The first-order valence-corrected chi connectivity index (χ1v) is 7.62. The van der Waals surface area contributed by atoms with Crippen LogP contribution in [0.4, 0.5) is 5.69 Å². The molecule has 0 aliphatic rings. The molecule has 2 atom stereocenters. The highest BCUT2D eigenvalue weighted by Gasteiger charge is 2.47. The predicted molar refractivity (Wildman–Crippen MR) is 90.8 cm³/mol. The van der Waals surface area contributed by atoms with Crippen LogP contribution in [-0.4, -0.2) is 32.0 Å². The van der Waals surface area contributed by atoms with Crippen molar-refractivity contribution in [2.75, 3.05) is 0 Å². The number of nitro benzene ring substituents is 1. The van der Waals surface area contributed by atoms with Crippen LogP contribution < -0.4 is 0 Å². The number of benzene rings is 2. The highest BCUT2D eigenvalue weighted by Crippen LogP contribution is 2.40. The van der Waals surface area contributed by atoms with Crippen LogP contribution in [-0.2, 0) is 9.59 Å². The van der Waals surface area contributed by atoms with Gasteiger partial charge in [0, 0.05) is 22.6 Å². The van der Waals surface area contributed by atoms with E-state index in [0.29, 0.717) is 0 Å². The van der Waals surface area contributed by atoms with Crippen LogP contribution in [0, 0.1) is 26.1 Å². The fourth-order valence-electron chi connectivity index (χ4n) is 2.93. The Balaban J connectivity index is 2.73. The van der Waals surface area contributed by atoms with Gasteiger partial charge in [0.05, 0.1) is 10.8 Å². The Morgan fingerprint density at radius 1 is 0.852 bits per heavy atom. The van der Waals surface area contributed by atoms with Gasteiger partial charge in [-0.15, -0.1) is 0 Å². The van der Waals surface area contributed by atoms with Crippen LogP contribution in [0.15, 0.2) is 54.6 Å². The van der Waals surface area contributed by atoms with E-state index < -0.39 is 45.4 Å². The van der Waals surface area contributed by atoms with Crippen LogP contribution in [0.2, 0.25) is 0 Å². The van der Waals surface area contributed by atoms with E-state index in [0.717, 1.165) is 12.1 Å². The highest BCUT2D eigenvalue weighted by atomic mass is 16.6. The summed E-state index contributed by atoms with van der Waals surface area (Å²) >= 11 is 0. The summed E-state index contributed by atoms with van der Waals surface area (Å²) in [5, 5.41) is 41.6. The van der Waals surface area contributed by atoms with Crippen LogP contribution in [0.5, 0.6) is 0 Å². The summed E-state index contributed by atoms with van der Waals surface area (Å²) in [6.07, 6.45) is 0. The summed E-state index contributed by atoms with van der Waals surface area (Å²) in [7, 11) is 0. The number of nitro groups is 2. The van der Waals surface area contributed by atoms with E-state index in [-0.39, 0.29) is 11.1 Å². The standard InChI is InChI=1S/C17H14N2O8/c20-16(21)14(17(22)23)13(11-7-4-8-12(9-11)18(24)25)15(19(26)27)10-5-2-1-3-6-10/h1-9,13-15H,(H,20,21)(H,22,23). The molecule has 0 heterocycles. The topological polar surface area (TPSA) is 161 Å². The fourth-order valence-corrected chi connectivity index (χ4v) is 2.93. The maximum Gasteiger partial charge on any atom is 0.318 e. The van der Waals surface area contributed by atoms with Crippen LogP contribution in [0.25, 0.3) is 0 Å². The molecule has 0 saturated heterocycles. The molecular weight excluding hydrogens is 360 g/mol. The third kappa shape index (κ3) is 4.24. The molecule has 0 aromatic heterocycles. The molecule has 2 N–H and O–H groups in total. The molecule has 0 aliphatic heterocycles. The van der Waals surface area contributed by atoms with Gasteiger partial charge in [0.2, 0.25) is 6.04 Å². The van der Waals surface area contributed by atoms with Crippen molar-refractivity contribution in [2.24, 2.45) is 5.92 Å². The van der Waals surface area contributed by atoms with Gasteiger partial charge in [-0.1, -0.05) is 42.5 Å². The third-order valence-electron chi connectivity index (χ3n) is 4.07. The van der Waals surface area contributed by atoms with E-state index in [1.54, 1.807) is 6.07 Å². The van der Waals surface area contributed by atoms with E-state index in [4.69, 9.17) is 0 Å². The molecule has 10 nitrogen and oxygen atoms in total. The van der Waals surface area contributed by atoms with Gasteiger partial charge >= 0.3 is 11.9 Å². The molecule has 2 unspecified atom stereocenters. The predicted octanol–water partition coefficient (Wildman–Crippen LogP) is 2.48. The van der Waals surface area contributed by atoms with E-state index in [1.807, 2.05) is 0 Å². The second-order valence-electron chi connectivity index (χ2n) is 5.67. The summed E-state index contributed by atoms with van der Waals surface area (Å²) in [4.78, 5) is 44.5. The minimum atomic E-state index is -2.18. The van der Waals surface area contributed by atoms with Gasteiger partial charge in [0.15, 0.2) is 5.92 Å². The molecule has 10 heteroatoms.